The molecule has 0 radical (unpaired) electrons. The molecule has 112 valence electrons. The number of nitrogens with one attached hydrogen (secondary N) is 1. The van der Waals surface area contributed by atoms with Gasteiger partial charge in [0.2, 0.25) is 0 Å². The summed E-state index contributed by atoms with van der Waals surface area (Å²) in [5, 5.41) is 4.54. The average Bonchev–Trinajstić information content (AvgIpc) is 2.45. The second-order valence-corrected chi connectivity index (χ2v) is 6.29. The lowest BCUT2D eigenvalue weighted by Gasteiger charge is -2.11. The minimum absolute atomic E-state index is 0.615. The first kappa shape index (κ1) is 16.5. The van der Waals surface area contributed by atoms with Gasteiger partial charge in [-0.2, -0.15) is 0 Å². The summed E-state index contributed by atoms with van der Waals surface area (Å²) in [5.41, 5.74) is 2.00. The zero-order valence-corrected chi connectivity index (χ0v) is 14.7. The third kappa shape index (κ3) is 4.80. The van der Waals surface area contributed by atoms with Crippen molar-refractivity contribution >= 4 is 44.8 Å². The predicted molar refractivity (Wildman–Crippen MR) is 93.7 cm³/mol. The monoisotopic (exact) mass is 387 g/mol. The van der Waals surface area contributed by atoms with Gasteiger partial charge in [-0.1, -0.05) is 36.2 Å². The van der Waals surface area contributed by atoms with Crippen LogP contribution in [0.3, 0.4) is 0 Å². The number of halogens is 3. The lowest BCUT2D eigenvalue weighted by molar-refractivity contribution is 0.315. The summed E-state index contributed by atoms with van der Waals surface area (Å²) in [4.78, 5) is 0. The van der Waals surface area contributed by atoms with Crippen molar-refractivity contribution in [3.05, 3.63) is 56.5 Å². The molecule has 0 saturated carbocycles. The molecule has 0 saturated heterocycles. The van der Waals surface area contributed by atoms with Gasteiger partial charge in [0.15, 0.2) is 0 Å². The number of anilines is 1. The molecule has 0 heterocycles. The topological polar surface area (TPSA) is 21.3 Å². The van der Waals surface area contributed by atoms with Crippen molar-refractivity contribution in [3.8, 4) is 5.75 Å². The Morgan fingerprint density at radius 3 is 2.62 bits per heavy atom. The second-order valence-electron chi connectivity index (χ2n) is 4.59. The quantitative estimate of drug-likeness (QED) is 0.639. The van der Waals surface area contributed by atoms with Crippen LogP contribution in [0.5, 0.6) is 5.75 Å². The van der Waals surface area contributed by atoms with E-state index in [4.69, 9.17) is 27.9 Å². The summed E-state index contributed by atoms with van der Waals surface area (Å²) in [7, 11) is 0. The van der Waals surface area contributed by atoms with Gasteiger partial charge < -0.3 is 10.1 Å². The maximum Gasteiger partial charge on any atom is 0.133 e. The zero-order chi connectivity index (χ0) is 15.2. The van der Waals surface area contributed by atoms with Crippen LogP contribution >= 0.6 is 39.1 Å². The Hall–Kier alpha value is -0.900. The average molecular weight is 389 g/mol. The van der Waals surface area contributed by atoms with Crippen LogP contribution in [-0.2, 0) is 6.54 Å². The van der Waals surface area contributed by atoms with Gasteiger partial charge >= 0.3 is 0 Å². The largest absolute Gasteiger partial charge is 0.492 e. The van der Waals surface area contributed by atoms with Crippen LogP contribution in [0.2, 0.25) is 10.0 Å². The molecule has 0 aromatic heterocycles. The van der Waals surface area contributed by atoms with Crippen LogP contribution in [0, 0.1) is 0 Å². The molecule has 2 aromatic carbocycles. The second kappa shape index (κ2) is 7.92. The SMILES string of the molecule is CCCOc1ccc(CNc2ccc(Cl)cc2Cl)cc1Br. The van der Waals surface area contributed by atoms with Gasteiger partial charge in [0, 0.05) is 11.6 Å². The summed E-state index contributed by atoms with van der Waals surface area (Å²) in [6.07, 6.45) is 0.991. The van der Waals surface area contributed by atoms with Gasteiger partial charge in [0.25, 0.3) is 0 Å². The van der Waals surface area contributed by atoms with Gasteiger partial charge in [0.05, 0.1) is 21.8 Å². The molecule has 0 spiro atoms. The molecule has 0 atom stereocenters. The number of ether oxygens (including phenoxy) is 1. The molecule has 0 aliphatic carbocycles. The fourth-order valence-corrected chi connectivity index (χ4v) is 2.83. The molecule has 0 bridgehead atoms. The normalized spacial score (nSPS) is 10.5. The van der Waals surface area contributed by atoms with Crippen LogP contribution in [0.15, 0.2) is 40.9 Å². The van der Waals surface area contributed by atoms with Gasteiger partial charge in [-0.3, -0.25) is 0 Å². The smallest absolute Gasteiger partial charge is 0.133 e. The molecular formula is C16H16BrCl2NO. The molecule has 0 fully saturated rings. The third-order valence-corrected chi connectivity index (χ3v) is 4.04. The summed E-state index contributed by atoms with van der Waals surface area (Å²) < 4.78 is 6.59. The number of hydrogen-bond donors (Lipinski definition) is 1. The molecule has 5 heteroatoms. The number of benzene rings is 2. The summed E-state index contributed by atoms with van der Waals surface area (Å²) >= 11 is 15.5. The molecule has 0 amide bonds. The van der Waals surface area contributed by atoms with Crippen molar-refractivity contribution in [2.75, 3.05) is 11.9 Å². The molecule has 1 N–H and O–H groups in total. The van der Waals surface area contributed by atoms with Crippen molar-refractivity contribution in [1.29, 1.82) is 0 Å². The number of rotatable bonds is 6. The van der Waals surface area contributed by atoms with Crippen LogP contribution in [0.1, 0.15) is 18.9 Å². The fourth-order valence-electron chi connectivity index (χ4n) is 1.81. The molecule has 0 unspecified atom stereocenters. The Labute approximate surface area is 143 Å². The van der Waals surface area contributed by atoms with E-state index in [2.05, 4.69) is 28.2 Å². The zero-order valence-electron chi connectivity index (χ0n) is 11.6. The standard InChI is InChI=1S/C16H16BrCl2NO/c1-2-7-21-16-6-3-11(8-13(16)17)10-20-15-5-4-12(18)9-14(15)19/h3-6,8-9,20H,2,7,10H2,1H3. The Morgan fingerprint density at radius 2 is 1.95 bits per heavy atom. The molecular weight excluding hydrogens is 373 g/mol. The maximum atomic E-state index is 6.13. The first-order valence-electron chi connectivity index (χ1n) is 6.70. The maximum absolute atomic E-state index is 6.13. The van der Waals surface area contributed by atoms with Crippen molar-refractivity contribution in [2.45, 2.75) is 19.9 Å². The summed E-state index contributed by atoms with van der Waals surface area (Å²) in [6.45, 7) is 3.48. The molecule has 2 aromatic rings. The lowest BCUT2D eigenvalue weighted by Crippen LogP contribution is -2.01. The van der Waals surface area contributed by atoms with Crippen LogP contribution in [-0.4, -0.2) is 6.61 Å². The highest BCUT2D eigenvalue weighted by atomic mass is 79.9. The first-order chi connectivity index (χ1) is 10.1. The molecule has 21 heavy (non-hydrogen) atoms. The lowest BCUT2D eigenvalue weighted by atomic mass is 10.2. The Balaban J connectivity index is 2.01. The summed E-state index contributed by atoms with van der Waals surface area (Å²) in [5.74, 6) is 0.866. The number of hydrogen-bond acceptors (Lipinski definition) is 2. The molecule has 2 rings (SSSR count). The highest BCUT2D eigenvalue weighted by molar-refractivity contribution is 9.10. The van der Waals surface area contributed by atoms with E-state index in [1.807, 2.05) is 30.3 Å². The third-order valence-electron chi connectivity index (χ3n) is 2.87. The van der Waals surface area contributed by atoms with Crippen molar-refractivity contribution in [2.24, 2.45) is 0 Å². The fraction of sp³-hybridized carbons (Fsp3) is 0.250. The minimum Gasteiger partial charge on any atom is -0.492 e. The molecule has 0 aliphatic heterocycles. The Morgan fingerprint density at radius 1 is 1.14 bits per heavy atom. The van der Waals surface area contributed by atoms with E-state index in [1.54, 1.807) is 6.07 Å². The summed E-state index contributed by atoms with van der Waals surface area (Å²) in [6, 6.07) is 11.5. The molecule has 0 aliphatic rings. The highest BCUT2D eigenvalue weighted by Gasteiger charge is 2.04. The van der Waals surface area contributed by atoms with E-state index in [9.17, 15) is 0 Å². The van der Waals surface area contributed by atoms with Gasteiger partial charge in [0.1, 0.15) is 5.75 Å². The van der Waals surface area contributed by atoms with Gasteiger partial charge in [-0.25, -0.2) is 0 Å². The van der Waals surface area contributed by atoms with E-state index in [0.29, 0.717) is 16.6 Å². The van der Waals surface area contributed by atoms with E-state index in [0.717, 1.165) is 34.5 Å². The van der Waals surface area contributed by atoms with Crippen molar-refractivity contribution in [3.63, 3.8) is 0 Å². The van der Waals surface area contributed by atoms with Crippen LogP contribution in [0.4, 0.5) is 5.69 Å². The van der Waals surface area contributed by atoms with Gasteiger partial charge in [-0.05, 0) is 58.2 Å². The van der Waals surface area contributed by atoms with E-state index >= 15 is 0 Å². The van der Waals surface area contributed by atoms with Crippen LogP contribution < -0.4 is 10.1 Å². The van der Waals surface area contributed by atoms with E-state index in [-0.39, 0.29) is 0 Å². The first-order valence-corrected chi connectivity index (χ1v) is 8.25. The Kier molecular flexibility index (Phi) is 6.22. The van der Waals surface area contributed by atoms with Crippen molar-refractivity contribution in [1.82, 2.24) is 0 Å². The van der Waals surface area contributed by atoms with Crippen molar-refractivity contribution < 1.29 is 4.74 Å². The highest BCUT2D eigenvalue weighted by Crippen LogP contribution is 2.28. The predicted octanol–water partition coefficient (Wildman–Crippen LogP) is 6.16. The minimum atomic E-state index is 0.615. The van der Waals surface area contributed by atoms with Gasteiger partial charge in [-0.15, -0.1) is 0 Å². The van der Waals surface area contributed by atoms with Crippen LogP contribution in [0.25, 0.3) is 0 Å². The van der Waals surface area contributed by atoms with E-state index in [1.165, 1.54) is 0 Å². The molecule has 2 nitrogen and oxygen atoms in total. The van der Waals surface area contributed by atoms with E-state index < -0.39 is 0 Å². The Bertz CT molecular complexity index is 619.